The fourth-order valence-electron chi connectivity index (χ4n) is 2.85. The zero-order valence-electron chi connectivity index (χ0n) is 17.1. The molecule has 3 atom stereocenters. The molecule has 0 spiro atoms. The van der Waals surface area contributed by atoms with Gasteiger partial charge in [0.05, 0.1) is 6.54 Å². The highest BCUT2D eigenvalue weighted by Crippen LogP contribution is 2.14. The standard InChI is InChI=1S/C20H32N4O4/c1-5-11-20(2,21)17(26)18(27)22-13-16(25)23-15(19(28)24(3)4)12-14-9-7-6-8-10-14/h6-10,15,17,26H,5,11-13,21H2,1-4H3,(H,22,27)(H,23,25)/t15-,17?,20?/m0/s1. The number of hydrogen-bond acceptors (Lipinski definition) is 5. The molecule has 2 unspecified atom stereocenters. The Labute approximate surface area is 166 Å². The maximum Gasteiger partial charge on any atom is 0.251 e. The summed E-state index contributed by atoms with van der Waals surface area (Å²) in [4.78, 5) is 38.2. The summed E-state index contributed by atoms with van der Waals surface area (Å²) in [6.07, 6.45) is 0.0803. The summed E-state index contributed by atoms with van der Waals surface area (Å²) in [6.45, 7) is 3.13. The molecule has 8 nitrogen and oxygen atoms in total. The second-order valence-corrected chi connectivity index (χ2v) is 7.42. The third kappa shape index (κ3) is 7.28. The summed E-state index contributed by atoms with van der Waals surface area (Å²) < 4.78 is 0. The molecule has 0 aliphatic rings. The Hall–Kier alpha value is -2.45. The van der Waals surface area contributed by atoms with Gasteiger partial charge in [-0.3, -0.25) is 14.4 Å². The number of carbonyl (C=O) groups excluding carboxylic acids is 3. The van der Waals surface area contributed by atoms with E-state index in [0.717, 1.165) is 5.56 Å². The van der Waals surface area contributed by atoms with Crippen molar-refractivity contribution in [2.24, 2.45) is 5.73 Å². The number of hydrogen-bond donors (Lipinski definition) is 4. The molecule has 0 aliphatic heterocycles. The van der Waals surface area contributed by atoms with E-state index in [9.17, 15) is 19.5 Å². The lowest BCUT2D eigenvalue weighted by Crippen LogP contribution is -2.57. The Morgan fingerprint density at radius 3 is 2.36 bits per heavy atom. The second-order valence-electron chi connectivity index (χ2n) is 7.42. The van der Waals surface area contributed by atoms with Gasteiger partial charge in [0.25, 0.3) is 5.91 Å². The number of nitrogens with two attached hydrogens (primary N) is 1. The summed E-state index contributed by atoms with van der Waals surface area (Å²) in [7, 11) is 3.22. The van der Waals surface area contributed by atoms with Crippen LogP contribution in [0.3, 0.4) is 0 Å². The first-order valence-corrected chi connectivity index (χ1v) is 9.37. The van der Waals surface area contributed by atoms with Gasteiger partial charge in [-0.2, -0.15) is 0 Å². The van der Waals surface area contributed by atoms with Crippen molar-refractivity contribution in [2.45, 2.75) is 50.8 Å². The molecule has 0 saturated carbocycles. The summed E-state index contributed by atoms with van der Waals surface area (Å²) in [6, 6.07) is 8.57. The Balaban J connectivity index is 2.68. The molecular weight excluding hydrogens is 360 g/mol. The fraction of sp³-hybridized carbons (Fsp3) is 0.550. The van der Waals surface area contributed by atoms with Gasteiger partial charge in [0.15, 0.2) is 0 Å². The molecule has 0 aromatic heterocycles. The van der Waals surface area contributed by atoms with Gasteiger partial charge in [-0.05, 0) is 18.9 Å². The van der Waals surface area contributed by atoms with Gasteiger partial charge in [-0.25, -0.2) is 0 Å². The average molecular weight is 393 g/mol. The summed E-state index contributed by atoms with van der Waals surface area (Å²) in [5.41, 5.74) is 5.78. The number of carbonyl (C=O) groups is 3. The molecule has 0 aliphatic carbocycles. The van der Waals surface area contributed by atoms with Crippen LogP contribution < -0.4 is 16.4 Å². The van der Waals surface area contributed by atoms with Crippen molar-refractivity contribution in [1.82, 2.24) is 15.5 Å². The van der Waals surface area contributed by atoms with E-state index < -0.39 is 29.5 Å². The van der Waals surface area contributed by atoms with Gasteiger partial charge in [-0.1, -0.05) is 43.7 Å². The van der Waals surface area contributed by atoms with Gasteiger partial charge in [0.1, 0.15) is 12.1 Å². The van der Waals surface area contributed by atoms with E-state index in [2.05, 4.69) is 10.6 Å². The third-order valence-corrected chi connectivity index (χ3v) is 4.44. The first-order valence-electron chi connectivity index (χ1n) is 9.37. The molecule has 1 aromatic rings. The normalized spacial score (nSPS) is 15.1. The highest BCUT2D eigenvalue weighted by Gasteiger charge is 2.33. The van der Waals surface area contributed by atoms with E-state index in [0.29, 0.717) is 19.3 Å². The van der Waals surface area contributed by atoms with E-state index in [1.54, 1.807) is 21.0 Å². The molecule has 0 bridgehead atoms. The molecule has 5 N–H and O–H groups in total. The third-order valence-electron chi connectivity index (χ3n) is 4.44. The molecule has 156 valence electrons. The fourth-order valence-corrected chi connectivity index (χ4v) is 2.85. The number of likely N-dealkylation sites (N-methyl/N-ethyl adjacent to an activating group) is 1. The summed E-state index contributed by atoms with van der Waals surface area (Å²) in [5, 5.41) is 15.1. The number of benzene rings is 1. The lowest BCUT2D eigenvalue weighted by molar-refractivity contribution is -0.136. The minimum atomic E-state index is -1.43. The number of aliphatic hydroxyl groups excluding tert-OH is 1. The lowest BCUT2D eigenvalue weighted by Gasteiger charge is -2.29. The van der Waals surface area contributed by atoms with E-state index in [1.165, 1.54) is 4.90 Å². The Bertz CT molecular complexity index is 661. The molecule has 0 fully saturated rings. The minimum Gasteiger partial charge on any atom is -0.381 e. The number of nitrogens with zero attached hydrogens (tertiary/aromatic N) is 1. The predicted octanol–water partition coefficient (Wildman–Crippen LogP) is -0.203. The molecule has 0 saturated heterocycles. The van der Waals surface area contributed by atoms with Crippen LogP contribution in [0.25, 0.3) is 0 Å². The maximum atomic E-state index is 12.4. The van der Waals surface area contributed by atoms with Crippen molar-refractivity contribution in [2.75, 3.05) is 20.6 Å². The first-order chi connectivity index (χ1) is 13.1. The Kier molecular flexibility index (Phi) is 9.08. The van der Waals surface area contributed by atoms with Crippen LogP contribution in [-0.4, -0.2) is 66.1 Å². The van der Waals surface area contributed by atoms with Gasteiger partial charge >= 0.3 is 0 Å². The SMILES string of the molecule is CCCC(C)(N)C(O)C(=O)NCC(=O)N[C@@H](Cc1ccccc1)C(=O)N(C)C. The molecule has 1 rings (SSSR count). The van der Waals surface area contributed by atoms with Gasteiger partial charge in [-0.15, -0.1) is 0 Å². The van der Waals surface area contributed by atoms with Crippen LogP contribution in [0.2, 0.25) is 0 Å². The number of rotatable bonds is 10. The second kappa shape index (κ2) is 10.8. The van der Waals surface area contributed by atoms with Gasteiger partial charge in [0, 0.05) is 26.1 Å². The van der Waals surface area contributed by atoms with E-state index >= 15 is 0 Å². The van der Waals surface area contributed by atoms with E-state index in [-0.39, 0.29) is 12.5 Å². The van der Waals surface area contributed by atoms with Gasteiger partial charge in [0.2, 0.25) is 11.8 Å². The quantitative estimate of drug-likeness (QED) is 0.439. The maximum absolute atomic E-state index is 12.4. The van der Waals surface area contributed by atoms with Crippen molar-refractivity contribution in [1.29, 1.82) is 0 Å². The van der Waals surface area contributed by atoms with Crippen LogP contribution in [0.4, 0.5) is 0 Å². The molecule has 0 heterocycles. The molecule has 1 aromatic carbocycles. The van der Waals surface area contributed by atoms with E-state index in [1.807, 2.05) is 37.3 Å². The lowest BCUT2D eigenvalue weighted by atomic mass is 9.90. The first kappa shape index (κ1) is 23.6. The Morgan fingerprint density at radius 1 is 1.21 bits per heavy atom. The molecule has 8 heteroatoms. The molecular formula is C20H32N4O4. The zero-order chi connectivity index (χ0) is 21.3. The van der Waals surface area contributed by atoms with Crippen molar-refractivity contribution in [3.8, 4) is 0 Å². The van der Waals surface area contributed by atoms with Crippen LogP contribution in [0.1, 0.15) is 32.3 Å². The van der Waals surface area contributed by atoms with Crippen molar-refractivity contribution < 1.29 is 19.5 Å². The van der Waals surface area contributed by atoms with Crippen LogP contribution in [0.5, 0.6) is 0 Å². The summed E-state index contributed by atoms with van der Waals surface area (Å²) in [5.74, 6) is -1.49. The highest BCUT2D eigenvalue weighted by molar-refractivity contribution is 5.91. The van der Waals surface area contributed by atoms with Crippen LogP contribution in [0.15, 0.2) is 30.3 Å². The van der Waals surface area contributed by atoms with Crippen molar-refractivity contribution in [3.05, 3.63) is 35.9 Å². The number of nitrogens with one attached hydrogen (secondary N) is 2. The van der Waals surface area contributed by atoms with Crippen LogP contribution >= 0.6 is 0 Å². The molecule has 28 heavy (non-hydrogen) atoms. The smallest absolute Gasteiger partial charge is 0.251 e. The highest BCUT2D eigenvalue weighted by atomic mass is 16.3. The van der Waals surface area contributed by atoms with E-state index in [4.69, 9.17) is 5.73 Å². The Morgan fingerprint density at radius 2 is 1.82 bits per heavy atom. The number of amides is 3. The number of aliphatic hydroxyl groups is 1. The van der Waals surface area contributed by atoms with Gasteiger partial charge < -0.3 is 26.4 Å². The largest absolute Gasteiger partial charge is 0.381 e. The van der Waals surface area contributed by atoms with Crippen LogP contribution in [0, 0.1) is 0 Å². The van der Waals surface area contributed by atoms with Crippen molar-refractivity contribution in [3.63, 3.8) is 0 Å². The average Bonchev–Trinajstić information content (AvgIpc) is 2.65. The molecule has 3 amide bonds. The van der Waals surface area contributed by atoms with Crippen LogP contribution in [-0.2, 0) is 20.8 Å². The van der Waals surface area contributed by atoms with Crippen molar-refractivity contribution >= 4 is 17.7 Å². The topological polar surface area (TPSA) is 125 Å². The predicted molar refractivity (Wildman–Crippen MR) is 107 cm³/mol. The monoisotopic (exact) mass is 392 g/mol. The molecule has 0 radical (unpaired) electrons. The summed E-state index contributed by atoms with van der Waals surface area (Å²) >= 11 is 0. The minimum absolute atomic E-state index is 0.249. The zero-order valence-corrected chi connectivity index (χ0v) is 17.1.